The molecule has 29 heavy (non-hydrogen) atoms. The molecule has 7 heteroatoms. The molecule has 1 aliphatic carbocycles. The van der Waals surface area contributed by atoms with E-state index in [1.165, 1.54) is 11.1 Å². The number of aryl methyl sites for hydroxylation is 1. The maximum Gasteiger partial charge on any atom is 0.469 e. The Balaban J connectivity index is 1.40. The van der Waals surface area contributed by atoms with Crippen LogP contribution in [0.2, 0.25) is 0 Å². The van der Waals surface area contributed by atoms with Crippen LogP contribution in [0.15, 0.2) is 48.5 Å². The molecule has 158 valence electrons. The molecule has 2 atom stereocenters. The molecule has 0 heterocycles. The van der Waals surface area contributed by atoms with Crippen LogP contribution in [0.25, 0.3) is 0 Å². The Kier molecular flexibility index (Phi) is 7.73. The van der Waals surface area contributed by atoms with Crippen molar-refractivity contribution in [3.63, 3.8) is 0 Å². The lowest BCUT2D eigenvalue weighted by molar-refractivity contribution is 0.168. The highest BCUT2D eigenvalue weighted by molar-refractivity contribution is 7.46. The zero-order valence-electron chi connectivity index (χ0n) is 16.7. The highest BCUT2D eigenvalue weighted by atomic mass is 31.2. The SMILES string of the molecule is COc1cccc(CCCOc2ccc(C3CCC(COP(=O)(O)O)C3)cc2)c1. The third kappa shape index (κ3) is 7.16. The van der Waals surface area contributed by atoms with Crippen molar-refractivity contribution in [1.82, 2.24) is 0 Å². The van der Waals surface area contributed by atoms with Crippen molar-refractivity contribution in [2.24, 2.45) is 5.92 Å². The van der Waals surface area contributed by atoms with Crippen LogP contribution < -0.4 is 9.47 Å². The number of ether oxygens (including phenoxy) is 2. The van der Waals surface area contributed by atoms with E-state index in [0.717, 1.165) is 43.6 Å². The summed E-state index contributed by atoms with van der Waals surface area (Å²) in [4.78, 5) is 17.7. The van der Waals surface area contributed by atoms with Gasteiger partial charge in [-0.05, 0) is 79.3 Å². The minimum atomic E-state index is -4.38. The standard InChI is InChI=1S/C22H29O6P/c1-26-22-6-2-4-17(15-22)5-3-13-27-21-11-9-19(10-12-21)20-8-7-18(14-20)16-28-29(23,24)25/h2,4,6,9-12,15,18,20H,3,5,7-8,13-14,16H2,1H3,(H2,23,24,25). The second kappa shape index (κ2) is 10.3. The van der Waals surface area contributed by atoms with Crippen molar-refractivity contribution in [3.8, 4) is 11.5 Å². The summed E-state index contributed by atoms with van der Waals surface area (Å²) in [6, 6.07) is 16.3. The van der Waals surface area contributed by atoms with E-state index in [4.69, 9.17) is 19.3 Å². The molecular weight excluding hydrogens is 391 g/mol. The van der Waals surface area contributed by atoms with Crippen LogP contribution in [-0.2, 0) is 15.5 Å². The van der Waals surface area contributed by atoms with Crippen LogP contribution in [0.1, 0.15) is 42.7 Å². The van der Waals surface area contributed by atoms with Gasteiger partial charge < -0.3 is 19.3 Å². The summed E-state index contributed by atoms with van der Waals surface area (Å²) in [7, 11) is -2.70. The number of benzene rings is 2. The molecular formula is C22H29O6P. The molecule has 2 unspecified atom stereocenters. The van der Waals surface area contributed by atoms with Gasteiger partial charge in [-0.15, -0.1) is 0 Å². The molecule has 1 fully saturated rings. The molecule has 0 saturated heterocycles. The third-order valence-corrected chi connectivity index (χ3v) is 5.87. The van der Waals surface area contributed by atoms with Crippen LogP contribution in [0, 0.1) is 5.92 Å². The molecule has 2 aromatic carbocycles. The fourth-order valence-electron chi connectivity index (χ4n) is 3.86. The minimum absolute atomic E-state index is 0.120. The summed E-state index contributed by atoms with van der Waals surface area (Å²) in [5.74, 6) is 2.34. The van der Waals surface area contributed by atoms with Crippen molar-refractivity contribution in [2.45, 2.75) is 38.0 Å². The predicted molar refractivity (Wildman–Crippen MR) is 111 cm³/mol. The second-order valence-corrected chi connectivity index (χ2v) is 8.77. The number of hydrogen-bond acceptors (Lipinski definition) is 4. The summed E-state index contributed by atoms with van der Waals surface area (Å²) >= 11 is 0. The van der Waals surface area contributed by atoms with Gasteiger partial charge in [0.05, 0.1) is 20.3 Å². The molecule has 1 aliphatic rings. The fraction of sp³-hybridized carbons (Fsp3) is 0.455. The van der Waals surface area contributed by atoms with E-state index in [9.17, 15) is 4.57 Å². The van der Waals surface area contributed by atoms with E-state index in [1.807, 2.05) is 24.3 Å². The van der Waals surface area contributed by atoms with Crippen LogP contribution in [-0.4, -0.2) is 30.1 Å². The highest BCUT2D eigenvalue weighted by Gasteiger charge is 2.28. The van der Waals surface area contributed by atoms with Gasteiger partial charge in [-0.25, -0.2) is 4.57 Å². The van der Waals surface area contributed by atoms with Crippen molar-refractivity contribution < 1.29 is 28.3 Å². The normalized spacial score (nSPS) is 19.3. The van der Waals surface area contributed by atoms with Crippen LogP contribution in [0.3, 0.4) is 0 Å². The molecule has 0 bridgehead atoms. The minimum Gasteiger partial charge on any atom is -0.497 e. The van der Waals surface area contributed by atoms with Gasteiger partial charge in [0.15, 0.2) is 0 Å². The molecule has 2 N–H and O–H groups in total. The lowest BCUT2D eigenvalue weighted by Crippen LogP contribution is -2.05. The van der Waals surface area contributed by atoms with Crippen LogP contribution >= 0.6 is 7.82 Å². The summed E-state index contributed by atoms with van der Waals surface area (Å²) < 4.78 is 26.6. The quantitative estimate of drug-likeness (QED) is 0.428. The second-order valence-electron chi connectivity index (χ2n) is 7.53. The van der Waals surface area contributed by atoms with Crippen molar-refractivity contribution in [3.05, 3.63) is 59.7 Å². The first-order valence-corrected chi connectivity index (χ1v) is 11.5. The van der Waals surface area contributed by atoms with E-state index in [1.54, 1.807) is 7.11 Å². The van der Waals surface area contributed by atoms with Crippen molar-refractivity contribution in [1.29, 1.82) is 0 Å². The maximum absolute atomic E-state index is 10.8. The molecule has 3 rings (SSSR count). The number of rotatable bonds is 10. The summed E-state index contributed by atoms with van der Waals surface area (Å²) in [5, 5.41) is 0. The molecule has 0 amide bonds. The number of phosphoric ester groups is 1. The Morgan fingerprint density at radius 3 is 2.59 bits per heavy atom. The highest BCUT2D eigenvalue weighted by Crippen LogP contribution is 2.42. The zero-order valence-corrected chi connectivity index (χ0v) is 17.6. The van der Waals surface area contributed by atoms with E-state index in [0.29, 0.717) is 12.5 Å². The van der Waals surface area contributed by atoms with Crippen molar-refractivity contribution >= 4 is 7.82 Å². The van der Waals surface area contributed by atoms with Gasteiger partial charge in [-0.3, -0.25) is 4.52 Å². The molecule has 0 aliphatic heterocycles. The average molecular weight is 420 g/mol. The number of methoxy groups -OCH3 is 1. The molecule has 2 aromatic rings. The lowest BCUT2D eigenvalue weighted by atomic mass is 9.96. The summed E-state index contributed by atoms with van der Waals surface area (Å²) in [5.41, 5.74) is 2.48. The maximum atomic E-state index is 10.8. The molecule has 0 aromatic heterocycles. The molecule has 1 saturated carbocycles. The van der Waals surface area contributed by atoms with E-state index in [2.05, 4.69) is 28.8 Å². The van der Waals surface area contributed by atoms with Crippen molar-refractivity contribution in [2.75, 3.05) is 20.3 Å². The Morgan fingerprint density at radius 1 is 1.07 bits per heavy atom. The number of hydrogen-bond donors (Lipinski definition) is 2. The zero-order chi connectivity index (χ0) is 20.7. The molecule has 0 radical (unpaired) electrons. The van der Waals surface area contributed by atoms with Gasteiger partial charge in [0, 0.05) is 0 Å². The van der Waals surface area contributed by atoms with E-state index < -0.39 is 7.82 Å². The van der Waals surface area contributed by atoms with Gasteiger partial charge in [0.1, 0.15) is 11.5 Å². The Labute approximate surface area is 172 Å². The third-order valence-electron chi connectivity index (χ3n) is 5.38. The van der Waals surface area contributed by atoms with Gasteiger partial charge in [-0.2, -0.15) is 0 Å². The fourth-order valence-corrected chi connectivity index (χ4v) is 4.27. The Bertz CT molecular complexity index is 816. The molecule has 6 nitrogen and oxygen atoms in total. The van der Waals surface area contributed by atoms with Gasteiger partial charge in [0.25, 0.3) is 0 Å². The average Bonchev–Trinajstić information content (AvgIpc) is 3.19. The molecule has 0 spiro atoms. The first-order valence-electron chi connectivity index (χ1n) is 9.99. The monoisotopic (exact) mass is 420 g/mol. The van der Waals surface area contributed by atoms with Crippen LogP contribution in [0.5, 0.6) is 11.5 Å². The first-order chi connectivity index (χ1) is 13.9. The predicted octanol–water partition coefficient (Wildman–Crippen LogP) is 4.70. The van der Waals surface area contributed by atoms with E-state index >= 15 is 0 Å². The van der Waals surface area contributed by atoms with Gasteiger partial charge in [-0.1, -0.05) is 24.3 Å². The summed E-state index contributed by atoms with van der Waals surface area (Å²) in [6.07, 6.45) is 4.69. The van der Waals surface area contributed by atoms with Gasteiger partial charge in [0.2, 0.25) is 0 Å². The lowest BCUT2D eigenvalue weighted by Gasteiger charge is -2.13. The topological polar surface area (TPSA) is 85.2 Å². The number of phosphoric acid groups is 1. The van der Waals surface area contributed by atoms with Gasteiger partial charge >= 0.3 is 7.82 Å². The first kappa shape index (κ1) is 21.8. The summed E-state index contributed by atoms with van der Waals surface area (Å²) in [6.45, 7) is 0.775. The Morgan fingerprint density at radius 2 is 1.86 bits per heavy atom. The smallest absolute Gasteiger partial charge is 0.469 e. The van der Waals surface area contributed by atoms with E-state index in [-0.39, 0.29) is 12.5 Å². The van der Waals surface area contributed by atoms with Crippen LogP contribution in [0.4, 0.5) is 0 Å². The Hall–Kier alpha value is -1.85. The largest absolute Gasteiger partial charge is 0.497 e.